The molecule has 1 saturated heterocycles. The number of benzene rings is 1. The zero-order valence-corrected chi connectivity index (χ0v) is 13.6. The molecular formula is C14H20BrFN4O. The van der Waals surface area contributed by atoms with E-state index in [0.29, 0.717) is 12.1 Å². The van der Waals surface area contributed by atoms with Gasteiger partial charge in [0, 0.05) is 42.8 Å². The van der Waals surface area contributed by atoms with Gasteiger partial charge in [-0.05, 0) is 25.1 Å². The molecule has 0 aliphatic carbocycles. The second-order valence-electron chi connectivity index (χ2n) is 5.25. The Hall–Kier alpha value is -1.18. The third kappa shape index (κ3) is 4.15. The zero-order valence-electron chi connectivity index (χ0n) is 12.0. The Kier molecular flexibility index (Phi) is 5.55. The minimum atomic E-state index is -0.175. The SMILES string of the molecule is CC(C(N)=NO)N1CCN(Cc2cc(Br)ccc2F)CC1. The monoisotopic (exact) mass is 358 g/mol. The van der Waals surface area contributed by atoms with Crippen molar-refractivity contribution in [3.63, 3.8) is 0 Å². The Bertz CT molecular complexity index is 518. The van der Waals surface area contributed by atoms with Gasteiger partial charge in [0.1, 0.15) is 5.82 Å². The topological polar surface area (TPSA) is 65.1 Å². The van der Waals surface area contributed by atoms with Crippen molar-refractivity contribution in [1.82, 2.24) is 9.80 Å². The van der Waals surface area contributed by atoms with Crippen molar-refractivity contribution in [1.29, 1.82) is 0 Å². The molecule has 0 radical (unpaired) electrons. The number of piperazine rings is 1. The van der Waals surface area contributed by atoms with Crippen molar-refractivity contribution in [3.05, 3.63) is 34.1 Å². The van der Waals surface area contributed by atoms with E-state index in [1.807, 2.05) is 13.0 Å². The Balaban J connectivity index is 1.91. The van der Waals surface area contributed by atoms with Crippen molar-refractivity contribution >= 4 is 21.8 Å². The molecule has 3 N–H and O–H groups in total. The average Bonchev–Trinajstić information content (AvgIpc) is 2.50. The van der Waals surface area contributed by atoms with Gasteiger partial charge in [0.15, 0.2) is 5.84 Å². The molecule has 5 nitrogen and oxygen atoms in total. The van der Waals surface area contributed by atoms with Gasteiger partial charge in [0.25, 0.3) is 0 Å². The summed E-state index contributed by atoms with van der Waals surface area (Å²) in [5.41, 5.74) is 6.33. The molecule has 1 aliphatic rings. The molecule has 1 unspecified atom stereocenters. The summed E-state index contributed by atoms with van der Waals surface area (Å²) < 4.78 is 14.7. The van der Waals surface area contributed by atoms with Crippen LogP contribution >= 0.6 is 15.9 Å². The van der Waals surface area contributed by atoms with Gasteiger partial charge in [-0.3, -0.25) is 9.80 Å². The molecule has 0 spiro atoms. The van der Waals surface area contributed by atoms with E-state index >= 15 is 0 Å². The average molecular weight is 359 g/mol. The predicted molar refractivity (Wildman–Crippen MR) is 83.8 cm³/mol. The van der Waals surface area contributed by atoms with E-state index in [0.717, 1.165) is 30.7 Å². The minimum absolute atomic E-state index is 0.0836. The predicted octanol–water partition coefficient (Wildman–Crippen LogP) is 1.84. The molecule has 2 rings (SSSR count). The van der Waals surface area contributed by atoms with Crippen molar-refractivity contribution in [3.8, 4) is 0 Å². The molecular weight excluding hydrogens is 339 g/mol. The Morgan fingerprint density at radius 3 is 2.71 bits per heavy atom. The Morgan fingerprint density at radius 1 is 1.43 bits per heavy atom. The summed E-state index contributed by atoms with van der Waals surface area (Å²) in [5, 5.41) is 11.8. The summed E-state index contributed by atoms with van der Waals surface area (Å²) in [6, 6.07) is 4.92. The summed E-state index contributed by atoms with van der Waals surface area (Å²) in [7, 11) is 0. The van der Waals surface area contributed by atoms with Crippen LogP contribution in [0.2, 0.25) is 0 Å². The first-order valence-corrected chi connectivity index (χ1v) is 7.68. The third-order valence-electron chi connectivity index (χ3n) is 3.90. The lowest BCUT2D eigenvalue weighted by Crippen LogP contribution is -2.52. The van der Waals surface area contributed by atoms with E-state index in [4.69, 9.17) is 10.9 Å². The molecule has 1 heterocycles. The van der Waals surface area contributed by atoms with Crippen LogP contribution in [-0.4, -0.2) is 53.1 Å². The summed E-state index contributed by atoms with van der Waals surface area (Å²) >= 11 is 3.37. The van der Waals surface area contributed by atoms with Crippen LogP contribution in [0.3, 0.4) is 0 Å². The van der Waals surface area contributed by atoms with Gasteiger partial charge in [0.05, 0.1) is 6.04 Å². The van der Waals surface area contributed by atoms with Gasteiger partial charge in [-0.2, -0.15) is 0 Å². The van der Waals surface area contributed by atoms with E-state index in [1.54, 1.807) is 6.07 Å². The van der Waals surface area contributed by atoms with E-state index in [2.05, 4.69) is 30.9 Å². The van der Waals surface area contributed by atoms with Gasteiger partial charge < -0.3 is 10.9 Å². The number of halogens is 2. The lowest BCUT2D eigenvalue weighted by molar-refractivity contribution is 0.115. The van der Waals surface area contributed by atoms with Crippen LogP contribution in [-0.2, 0) is 6.54 Å². The fourth-order valence-electron chi connectivity index (χ4n) is 2.48. The number of nitrogens with zero attached hydrogens (tertiary/aromatic N) is 3. The number of rotatable bonds is 4. The minimum Gasteiger partial charge on any atom is -0.409 e. The molecule has 0 saturated carbocycles. The molecule has 1 fully saturated rings. The van der Waals surface area contributed by atoms with Crippen molar-refractivity contribution in [2.75, 3.05) is 26.2 Å². The van der Waals surface area contributed by atoms with Gasteiger partial charge in [0.2, 0.25) is 0 Å². The highest BCUT2D eigenvalue weighted by Crippen LogP contribution is 2.18. The fraction of sp³-hybridized carbons (Fsp3) is 0.500. The first-order valence-electron chi connectivity index (χ1n) is 6.89. The fourth-order valence-corrected chi connectivity index (χ4v) is 2.89. The highest BCUT2D eigenvalue weighted by molar-refractivity contribution is 9.10. The quantitative estimate of drug-likeness (QED) is 0.373. The number of amidine groups is 1. The van der Waals surface area contributed by atoms with E-state index in [9.17, 15) is 4.39 Å². The molecule has 7 heteroatoms. The van der Waals surface area contributed by atoms with Gasteiger partial charge in [-0.1, -0.05) is 21.1 Å². The van der Waals surface area contributed by atoms with Gasteiger partial charge >= 0.3 is 0 Å². The summed E-state index contributed by atoms with van der Waals surface area (Å²) in [6.07, 6.45) is 0. The highest BCUT2D eigenvalue weighted by Gasteiger charge is 2.23. The molecule has 0 aromatic heterocycles. The Labute approximate surface area is 132 Å². The Morgan fingerprint density at radius 2 is 2.10 bits per heavy atom. The maximum atomic E-state index is 13.8. The largest absolute Gasteiger partial charge is 0.409 e. The second-order valence-corrected chi connectivity index (χ2v) is 6.16. The molecule has 1 aliphatic heterocycles. The first kappa shape index (κ1) is 16.2. The third-order valence-corrected chi connectivity index (χ3v) is 4.39. The van der Waals surface area contributed by atoms with Gasteiger partial charge in [-0.15, -0.1) is 0 Å². The van der Waals surface area contributed by atoms with Crippen LogP contribution in [0.15, 0.2) is 27.8 Å². The molecule has 1 atom stereocenters. The van der Waals surface area contributed by atoms with E-state index in [1.165, 1.54) is 6.07 Å². The standard InChI is InChI=1S/C14H20BrFN4O/c1-10(14(17)18-21)20-6-4-19(5-7-20)9-11-8-12(15)2-3-13(11)16/h2-3,8,10,21H,4-7,9H2,1H3,(H2,17,18). The zero-order chi connectivity index (χ0) is 15.4. The molecule has 1 aromatic rings. The summed E-state index contributed by atoms with van der Waals surface area (Å²) in [4.78, 5) is 4.36. The van der Waals surface area contributed by atoms with Crippen LogP contribution in [0.4, 0.5) is 4.39 Å². The van der Waals surface area contributed by atoms with E-state index in [-0.39, 0.29) is 17.7 Å². The molecule has 116 valence electrons. The lowest BCUT2D eigenvalue weighted by Gasteiger charge is -2.37. The number of nitrogens with two attached hydrogens (primary N) is 1. The van der Waals surface area contributed by atoms with Gasteiger partial charge in [-0.25, -0.2) is 4.39 Å². The number of hydrogen-bond acceptors (Lipinski definition) is 4. The number of oxime groups is 1. The maximum absolute atomic E-state index is 13.8. The smallest absolute Gasteiger partial charge is 0.156 e. The van der Waals surface area contributed by atoms with Crippen molar-refractivity contribution in [2.45, 2.75) is 19.5 Å². The van der Waals surface area contributed by atoms with Crippen molar-refractivity contribution < 1.29 is 9.60 Å². The highest BCUT2D eigenvalue weighted by atomic mass is 79.9. The van der Waals surface area contributed by atoms with Crippen LogP contribution in [0.1, 0.15) is 12.5 Å². The first-order chi connectivity index (χ1) is 10.0. The normalized spacial score (nSPS) is 19.7. The summed E-state index contributed by atoms with van der Waals surface area (Å²) in [5.74, 6) is 0.0483. The lowest BCUT2D eigenvalue weighted by atomic mass is 10.1. The van der Waals surface area contributed by atoms with Crippen LogP contribution < -0.4 is 5.73 Å². The maximum Gasteiger partial charge on any atom is 0.156 e. The van der Waals surface area contributed by atoms with Crippen molar-refractivity contribution in [2.24, 2.45) is 10.9 Å². The second kappa shape index (κ2) is 7.20. The molecule has 0 bridgehead atoms. The molecule has 21 heavy (non-hydrogen) atoms. The number of hydrogen-bond donors (Lipinski definition) is 2. The van der Waals surface area contributed by atoms with Crippen LogP contribution in [0, 0.1) is 5.82 Å². The summed E-state index contributed by atoms with van der Waals surface area (Å²) in [6.45, 7) is 5.79. The molecule has 1 aromatic carbocycles. The van der Waals surface area contributed by atoms with Crippen LogP contribution in [0.25, 0.3) is 0 Å². The molecule has 0 amide bonds. The van der Waals surface area contributed by atoms with Crippen LogP contribution in [0.5, 0.6) is 0 Å². The van der Waals surface area contributed by atoms with E-state index < -0.39 is 0 Å².